The molecule has 2 rings (SSSR count). The molecule has 0 aliphatic heterocycles. The summed E-state index contributed by atoms with van der Waals surface area (Å²) in [6.45, 7) is 2.48. The minimum absolute atomic E-state index is 0.0847. The van der Waals surface area contributed by atoms with Crippen molar-refractivity contribution >= 4 is 23.3 Å². The first kappa shape index (κ1) is 14.3. The van der Waals surface area contributed by atoms with Crippen molar-refractivity contribution in [2.45, 2.75) is 19.5 Å². The normalized spacial score (nSPS) is 11.9. The first-order valence-electron chi connectivity index (χ1n) is 6.22. The number of nitrogens with one attached hydrogen (secondary N) is 2. The van der Waals surface area contributed by atoms with Crippen LogP contribution in [-0.4, -0.2) is 33.8 Å². The highest BCUT2D eigenvalue weighted by Crippen LogP contribution is 2.16. The van der Waals surface area contributed by atoms with E-state index in [9.17, 15) is 4.79 Å². The Kier molecular flexibility index (Phi) is 4.57. The maximum Gasteiger partial charge on any atom is 0.271 e. The Labute approximate surface area is 122 Å². The number of anilines is 1. The molecule has 106 valence electrons. The molecule has 0 saturated heterocycles. The molecule has 0 aliphatic carbocycles. The Balaban J connectivity index is 2.04. The molecule has 0 saturated carbocycles. The number of nitrogens with zero attached hydrogens (tertiary/aromatic N) is 3. The van der Waals surface area contributed by atoms with E-state index >= 15 is 0 Å². The molecule has 1 atom stereocenters. The molecule has 2 aromatic heterocycles. The largest absolute Gasteiger partial charge is 0.373 e. The molecule has 0 aliphatic rings. The molecular formula is C13H16ClN5O. The van der Waals surface area contributed by atoms with Crippen LogP contribution in [0, 0.1) is 0 Å². The molecule has 2 N–H and O–H groups in total. The smallest absolute Gasteiger partial charge is 0.271 e. The van der Waals surface area contributed by atoms with Crippen molar-refractivity contribution in [1.82, 2.24) is 20.1 Å². The van der Waals surface area contributed by atoms with Gasteiger partial charge in [-0.3, -0.25) is 9.48 Å². The third-order valence-corrected chi connectivity index (χ3v) is 3.02. The fourth-order valence-corrected chi connectivity index (χ4v) is 1.96. The van der Waals surface area contributed by atoms with Crippen molar-refractivity contribution in [2.75, 3.05) is 12.4 Å². The predicted octanol–water partition coefficient (Wildman–Crippen LogP) is 1.79. The highest BCUT2D eigenvalue weighted by atomic mass is 35.5. The zero-order chi connectivity index (χ0) is 14.5. The van der Waals surface area contributed by atoms with E-state index < -0.39 is 0 Å². The van der Waals surface area contributed by atoms with Crippen LogP contribution in [0.2, 0.25) is 5.02 Å². The number of amides is 1. The van der Waals surface area contributed by atoms with Gasteiger partial charge in [-0.05, 0) is 25.1 Å². The second-order valence-corrected chi connectivity index (χ2v) is 4.79. The van der Waals surface area contributed by atoms with Crippen LogP contribution < -0.4 is 10.6 Å². The zero-order valence-corrected chi connectivity index (χ0v) is 12.1. The summed E-state index contributed by atoms with van der Waals surface area (Å²) in [5.74, 6) is 0.297. The average Bonchev–Trinajstić information content (AvgIpc) is 2.91. The monoisotopic (exact) mass is 293 g/mol. The van der Waals surface area contributed by atoms with Crippen molar-refractivity contribution in [3.05, 3.63) is 41.3 Å². The summed E-state index contributed by atoms with van der Waals surface area (Å²) < 4.78 is 1.75. The molecule has 6 nitrogen and oxygen atoms in total. The first-order chi connectivity index (χ1) is 9.60. The number of hydrogen-bond donors (Lipinski definition) is 2. The standard InChI is InChI=1S/C13H16ClN5O/c1-9(8-19-7-3-6-16-19)17-13(20)12-10(14)4-5-11(15-2)18-12/h3-7,9H,8H2,1-2H3,(H,15,18)(H,17,20). The van der Waals surface area contributed by atoms with Crippen LogP contribution in [0.1, 0.15) is 17.4 Å². The van der Waals surface area contributed by atoms with Gasteiger partial charge in [0.2, 0.25) is 0 Å². The summed E-state index contributed by atoms with van der Waals surface area (Å²) in [4.78, 5) is 16.3. The number of aromatic nitrogens is 3. The summed E-state index contributed by atoms with van der Waals surface area (Å²) >= 11 is 6.01. The second kappa shape index (κ2) is 6.38. The summed E-state index contributed by atoms with van der Waals surface area (Å²) in [6, 6.07) is 5.11. The van der Waals surface area contributed by atoms with Gasteiger partial charge in [0.25, 0.3) is 5.91 Å². The summed E-state index contributed by atoms with van der Waals surface area (Å²) in [6.07, 6.45) is 3.54. The van der Waals surface area contributed by atoms with Gasteiger partial charge in [-0.2, -0.15) is 5.10 Å². The van der Waals surface area contributed by atoms with Crippen molar-refractivity contribution in [2.24, 2.45) is 0 Å². The van der Waals surface area contributed by atoms with Gasteiger partial charge in [-0.25, -0.2) is 4.98 Å². The van der Waals surface area contributed by atoms with Crippen LogP contribution in [0.15, 0.2) is 30.6 Å². The quantitative estimate of drug-likeness (QED) is 0.882. The molecule has 0 radical (unpaired) electrons. The summed E-state index contributed by atoms with van der Waals surface area (Å²) in [5, 5.41) is 10.1. The minimum Gasteiger partial charge on any atom is -0.373 e. The predicted molar refractivity (Wildman–Crippen MR) is 77.9 cm³/mol. The third kappa shape index (κ3) is 3.48. The Morgan fingerprint density at radius 2 is 2.30 bits per heavy atom. The van der Waals surface area contributed by atoms with Crippen LogP contribution in [-0.2, 0) is 6.54 Å². The molecule has 0 bridgehead atoms. The number of carbonyl (C=O) groups excluding carboxylic acids is 1. The van der Waals surface area contributed by atoms with Crippen LogP contribution in [0.25, 0.3) is 0 Å². The molecule has 20 heavy (non-hydrogen) atoms. The van der Waals surface area contributed by atoms with Gasteiger partial charge in [0.15, 0.2) is 0 Å². The summed E-state index contributed by atoms with van der Waals surface area (Å²) in [7, 11) is 1.73. The van der Waals surface area contributed by atoms with Crippen molar-refractivity contribution in [3.8, 4) is 0 Å². The third-order valence-electron chi connectivity index (χ3n) is 2.71. The average molecular weight is 294 g/mol. The van der Waals surface area contributed by atoms with E-state index in [0.29, 0.717) is 17.4 Å². The lowest BCUT2D eigenvalue weighted by Gasteiger charge is -2.14. The minimum atomic E-state index is -0.299. The molecular weight excluding hydrogens is 278 g/mol. The lowest BCUT2D eigenvalue weighted by atomic mass is 10.3. The Morgan fingerprint density at radius 3 is 2.95 bits per heavy atom. The molecule has 1 unspecified atom stereocenters. The zero-order valence-electron chi connectivity index (χ0n) is 11.3. The number of pyridine rings is 1. The van der Waals surface area contributed by atoms with Crippen molar-refractivity contribution in [3.63, 3.8) is 0 Å². The fraction of sp³-hybridized carbons (Fsp3) is 0.308. The van der Waals surface area contributed by atoms with Gasteiger partial charge < -0.3 is 10.6 Å². The molecule has 2 aromatic rings. The number of rotatable bonds is 5. The SMILES string of the molecule is CNc1ccc(Cl)c(C(=O)NC(C)Cn2cccn2)n1. The van der Waals surface area contributed by atoms with Gasteiger partial charge in [0, 0.05) is 25.5 Å². The highest BCUT2D eigenvalue weighted by Gasteiger charge is 2.15. The Morgan fingerprint density at radius 1 is 1.50 bits per heavy atom. The van der Waals surface area contributed by atoms with Gasteiger partial charge in [0.05, 0.1) is 11.6 Å². The van der Waals surface area contributed by atoms with Crippen LogP contribution >= 0.6 is 11.6 Å². The van der Waals surface area contributed by atoms with E-state index in [0.717, 1.165) is 0 Å². The molecule has 0 aromatic carbocycles. The maximum absolute atomic E-state index is 12.2. The lowest BCUT2D eigenvalue weighted by Crippen LogP contribution is -2.36. The van der Waals surface area contributed by atoms with Gasteiger partial charge >= 0.3 is 0 Å². The lowest BCUT2D eigenvalue weighted by molar-refractivity contribution is 0.0931. The van der Waals surface area contributed by atoms with Crippen molar-refractivity contribution < 1.29 is 4.79 Å². The molecule has 7 heteroatoms. The molecule has 2 heterocycles. The first-order valence-corrected chi connectivity index (χ1v) is 6.60. The van der Waals surface area contributed by atoms with Crippen LogP contribution in [0.3, 0.4) is 0 Å². The van der Waals surface area contributed by atoms with Gasteiger partial charge in [-0.15, -0.1) is 0 Å². The Bertz CT molecular complexity index is 584. The Hall–Kier alpha value is -2.08. The van der Waals surface area contributed by atoms with E-state index in [4.69, 9.17) is 11.6 Å². The second-order valence-electron chi connectivity index (χ2n) is 4.38. The number of hydrogen-bond acceptors (Lipinski definition) is 4. The number of halogens is 1. The highest BCUT2D eigenvalue weighted by molar-refractivity contribution is 6.33. The summed E-state index contributed by atoms with van der Waals surface area (Å²) in [5.41, 5.74) is 0.214. The van der Waals surface area contributed by atoms with Crippen molar-refractivity contribution in [1.29, 1.82) is 0 Å². The van der Waals surface area contributed by atoms with E-state index in [2.05, 4.69) is 20.7 Å². The van der Waals surface area contributed by atoms with Gasteiger partial charge in [0.1, 0.15) is 11.5 Å². The van der Waals surface area contributed by atoms with Crippen LogP contribution in [0.4, 0.5) is 5.82 Å². The van der Waals surface area contributed by atoms with E-state index in [-0.39, 0.29) is 17.6 Å². The van der Waals surface area contributed by atoms with Gasteiger partial charge in [-0.1, -0.05) is 11.6 Å². The molecule has 0 spiro atoms. The van der Waals surface area contributed by atoms with E-state index in [1.807, 2.05) is 19.2 Å². The maximum atomic E-state index is 12.2. The molecule has 1 amide bonds. The fourth-order valence-electron chi connectivity index (χ4n) is 1.77. The topological polar surface area (TPSA) is 71.8 Å². The molecule has 0 fully saturated rings. The van der Waals surface area contributed by atoms with Crippen LogP contribution in [0.5, 0.6) is 0 Å². The number of carbonyl (C=O) groups is 1. The van der Waals surface area contributed by atoms with E-state index in [1.165, 1.54) is 0 Å². The van der Waals surface area contributed by atoms with E-state index in [1.54, 1.807) is 30.1 Å².